The molecule has 0 radical (unpaired) electrons. The molecular weight excluding hydrogens is 304 g/mol. The zero-order valence-electron chi connectivity index (χ0n) is 18.1. The third-order valence-corrected chi connectivity index (χ3v) is 6.17. The zero-order valence-corrected chi connectivity index (χ0v) is 18.1. The molecule has 1 aromatic carbocycles. The van der Waals surface area contributed by atoms with Crippen LogP contribution >= 0.6 is 0 Å². The summed E-state index contributed by atoms with van der Waals surface area (Å²) in [6, 6.07) is 4.60. The van der Waals surface area contributed by atoms with Gasteiger partial charge < -0.3 is 5.11 Å². The molecule has 142 valence electrons. The SMILES string of the molecule is CC(C)(C)c1cc(C2CCC(C(C)(C)C)CC2)cc(C(C)(C)C)c1O. The lowest BCUT2D eigenvalue weighted by Crippen LogP contribution is -2.25. The molecule has 0 heterocycles. The second kappa shape index (κ2) is 6.63. The summed E-state index contributed by atoms with van der Waals surface area (Å²) in [5.74, 6) is 1.98. The highest BCUT2D eigenvalue weighted by molar-refractivity contribution is 5.50. The standard InChI is InChI=1S/C24H40O/c1-22(2,3)18-12-10-16(11-13-18)17-14-19(23(4,5)6)21(25)20(15-17)24(7,8)9/h14-16,18,25H,10-13H2,1-9H3. The molecule has 1 saturated carbocycles. The monoisotopic (exact) mass is 344 g/mol. The van der Waals surface area contributed by atoms with E-state index in [2.05, 4.69) is 74.4 Å². The van der Waals surface area contributed by atoms with Crippen molar-refractivity contribution in [2.75, 3.05) is 0 Å². The largest absolute Gasteiger partial charge is 0.507 e. The Labute approximate surface area is 156 Å². The molecule has 1 heteroatoms. The third-order valence-electron chi connectivity index (χ3n) is 6.17. The molecule has 1 aliphatic carbocycles. The van der Waals surface area contributed by atoms with E-state index in [0.29, 0.717) is 17.1 Å². The van der Waals surface area contributed by atoms with Gasteiger partial charge in [-0.3, -0.25) is 0 Å². The van der Waals surface area contributed by atoms with Gasteiger partial charge in [-0.05, 0) is 70.5 Å². The average molecular weight is 345 g/mol. The van der Waals surface area contributed by atoms with E-state index >= 15 is 0 Å². The Kier molecular flexibility index (Phi) is 5.40. The normalized spacial score (nSPS) is 22.9. The number of hydrogen-bond acceptors (Lipinski definition) is 1. The van der Waals surface area contributed by atoms with Crippen molar-refractivity contribution in [2.45, 2.75) is 105 Å². The van der Waals surface area contributed by atoms with Gasteiger partial charge in [0.1, 0.15) is 5.75 Å². The molecule has 0 spiro atoms. The molecule has 0 saturated heterocycles. The minimum atomic E-state index is -0.0390. The first-order valence-corrected chi connectivity index (χ1v) is 10.1. The Hall–Kier alpha value is -0.980. The summed E-state index contributed by atoms with van der Waals surface area (Å²) in [6.07, 6.45) is 5.20. The van der Waals surface area contributed by atoms with Crippen molar-refractivity contribution in [3.05, 3.63) is 28.8 Å². The third kappa shape index (κ3) is 4.60. The van der Waals surface area contributed by atoms with Gasteiger partial charge in [0.25, 0.3) is 0 Å². The van der Waals surface area contributed by atoms with E-state index in [1.807, 2.05) is 0 Å². The topological polar surface area (TPSA) is 20.2 Å². The highest BCUT2D eigenvalue weighted by Gasteiger charge is 2.32. The van der Waals surface area contributed by atoms with Crippen LogP contribution in [0.25, 0.3) is 0 Å². The zero-order chi connectivity index (χ0) is 19.2. The molecular formula is C24H40O. The van der Waals surface area contributed by atoms with Crippen LogP contribution in [0, 0.1) is 11.3 Å². The summed E-state index contributed by atoms with van der Waals surface area (Å²) >= 11 is 0. The summed E-state index contributed by atoms with van der Waals surface area (Å²) in [5, 5.41) is 10.9. The summed E-state index contributed by atoms with van der Waals surface area (Å²) in [4.78, 5) is 0. The number of benzene rings is 1. The molecule has 1 N–H and O–H groups in total. The van der Waals surface area contributed by atoms with E-state index in [1.165, 1.54) is 31.2 Å². The summed E-state index contributed by atoms with van der Waals surface area (Å²) in [5.41, 5.74) is 4.00. The van der Waals surface area contributed by atoms with Gasteiger partial charge in [-0.15, -0.1) is 0 Å². The van der Waals surface area contributed by atoms with Crippen LogP contribution in [0.1, 0.15) is 111 Å². The molecule has 0 amide bonds. The van der Waals surface area contributed by atoms with Gasteiger partial charge in [0.2, 0.25) is 0 Å². The quantitative estimate of drug-likeness (QED) is 0.566. The van der Waals surface area contributed by atoms with Crippen LogP contribution in [0.4, 0.5) is 0 Å². The van der Waals surface area contributed by atoms with Crippen molar-refractivity contribution in [3.8, 4) is 5.75 Å². The van der Waals surface area contributed by atoms with E-state index in [9.17, 15) is 5.11 Å². The van der Waals surface area contributed by atoms with Crippen LogP contribution in [0.5, 0.6) is 5.75 Å². The van der Waals surface area contributed by atoms with Crippen molar-refractivity contribution in [1.29, 1.82) is 0 Å². The van der Waals surface area contributed by atoms with Gasteiger partial charge in [-0.2, -0.15) is 0 Å². The lowest BCUT2D eigenvalue weighted by Gasteiger charge is -2.38. The molecule has 1 aromatic rings. The average Bonchev–Trinajstić information content (AvgIpc) is 2.44. The fraction of sp³-hybridized carbons (Fsp3) is 0.750. The van der Waals surface area contributed by atoms with Crippen molar-refractivity contribution < 1.29 is 5.11 Å². The Morgan fingerprint density at radius 3 is 1.44 bits per heavy atom. The summed E-state index contributed by atoms with van der Waals surface area (Å²) < 4.78 is 0. The molecule has 2 rings (SSSR count). The van der Waals surface area contributed by atoms with E-state index in [-0.39, 0.29) is 10.8 Å². The van der Waals surface area contributed by atoms with Crippen LogP contribution in [0.15, 0.2) is 12.1 Å². The van der Waals surface area contributed by atoms with Crippen molar-refractivity contribution in [3.63, 3.8) is 0 Å². The molecule has 25 heavy (non-hydrogen) atoms. The molecule has 1 nitrogen and oxygen atoms in total. The first-order chi connectivity index (χ1) is 11.2. The highest BCUT2D eigenvalue weighted by Crippen LogP contribution is 2.46. The second-order valence-electron chi connectivity index (χ2n) is 11.4. The van der Waals surface area contributed by atoms with Gasteiger partial charge in [-0.1, -0.05) is 74.4 Å². The summed E-state index contributed by atoms with van der Waals surface area (Å²) in [7, 11) is 0. The maximum absolute atomic E-state index is 10.9. The molecule has 1 fully saturated rings. The van der Waals surface area contributed by atoms with Crippen LogP contribution in [0.3, 0.4) is 0 Å². The maximum Gasteiger partial charge on any atom is 0.123 e. The molecule has 0 atom stereocenters. The van der Waals surface area contributed by atoms with Crippen LogP contribution in [-0.2, 0) is 10.8 Å². The lowest BCUT2D eigenvalue weighted by atomic mass is 9.68. The fourth-order valence-electron chi connectivity index (χ4n) is 4.33. The molecule has 1 aliphatic rings. The van der Waals surface area contributed by atoms with E-state index < -0.39 is 0 Å². The molecule has 0 bridgehead atoms. The molecule has 0 aliphatic heterocycles. The van der Waals surface area contributed by atoms with E-state index in [1.54, 1.807) is 0 Å². The number of aromatic hydroxyl groups is 1. The molecule has 0 unspecified atom stereocenters. The summed E-state index contributed by atoms with van der Waals surface area (Å²) in [6.45, 7) is 20.4. The maximum atomic E-state index is 10.9. The van der Waals surface area contributed by atoms with Crippen LogP contribution < -0.4 is 0 Å². The van der Waals surface area contributed by atoms with Gasteiger partial charge in [0.05, 0.1) is 0 Å². The minimum absolute atomic E-state index is 0.0390. The first kappa shape index (κ1) is 20.3. The smallest absolute Gasteiger partial charge is 0.123 e. The Bertz CT molecular complexity index is 561. The van der Waals surface area contributed by atoms with Crippen molar-refractivity contribution in [2.24, 2.45) is 11.3 Å². The van der Waals surface area contributed by atoms with Crippen LogP contribution in [0.2, 0.25) is 0 Å². The number of rotatable bonds is 1. The Balaban J connectivity index is 2.39. The highest BCUT2D eigenvalue weighted by atomic mass is 16.3. The number of hydrogen-bond donors (Lipinski definition) is 1. The lowest BCUT2D eigenvalue weighted by molar-refractivity contribution is 0.169. The van der Waals surface area contributed by atoms with Gasteiger partial charge in [-0.25, -0.2) is 0 Å². The van der Waals surface area contributed by atoms with E-state index in [0.717, 1.165) is 17.0 Å². The van der Waals surface area contributed by atoms with Crippen molar-refractivity contribution >= 4 is 0 Å². The van der Waals surface area contributed by atoms with Gasteiger partial charge in [0.15, 0.2) is 0 Å². The second-order valence-corrected chi connectivity index (χ2v) is 11.4. The van der Waals surface area contributed by atoms with Crippen LogP contribution in [-0.4, -0.2) is 5.11 Å². The number of phenols is 1. The van der Waals surface area contributed by atoms with Crippen molar-refractivity contribution in [1.82, 2.24) is 0 Å². The Morgan fingerprint density at radius 2 is 1.12 bits per heavy atom. The van der Waals surface area contributed by atoms with Gasteiger partial charge >= 0.3 is 0 Å². The Morgan fingerprint density at radius 1 is 0.720 bits per heavy atom. The first-order valence-electron chi connectivity index (χ1n) is 10.1. The fourth-order valence-corrected chi connectivity index (χ4v) is 4.33. The minimum Gasteiger partial charge on any atom is -0.507 e. The van der Waals surface area contributed by atoms with Gasteiger partial charge in [0, 0.05) is 0 Å². The predicted molar refractivity (Wildman–Crippen MR) is 110 cm³/mol. The molecule has 0 aromatic heterocycles. The van der Waals surface area contributed by atoms with E-state index in [4.69, 9.17) is 0 Å². The predicted octanol–water partition coefficient (Wildman–Crippen LogP) is 7.31. The number of phenolic OH excluding ortho intramolecular Hbond substituents is 1.